The SMILES string of the molecule is Cl.Nc1cccc2c1CCCN2Cc1nccs1. The van der Waals surface area contributed by atoms with Crippen molar-refractivity contribution in [2.75, 3.05) is 17.2 Å². The molecule has 5 heteroatoms. The van der Waals surface area contributed by atoms with Crippen LogP contribution in [0, 0.1) is 0 Å². The number of hydrogen-bond donors (Lipinski definition) is 1. The van der Waals surface area contributed by atoms with E-state index in [2.05, 4.69) is 16.0 Å². The van der Waals surface area contributed by atoms with E-state index in [4.69, 9.17) is 5.73 Å². The summed E-state index contributed by atoms with van der Waals surface area (Å²) in [7, 11) is 0. The van der Waals surface area contributed by atoms with Crippen molar-refractivity contribution in [3.63, 3.8) is 0 Å². The molecule has 1 aliphatic heterocycles. The molecule has 0 unspecified atom stereocenters. The zero-order valence-corrected chi connectivity index (χ0v) is 11.6. The summed E-state index contributed by atoms with van der Waals surface area (Å²) < 4.78 is 0. The van der Waals surface area contributed by atoms with Gasteiger partial charge in [0.05, 0.1) is 6.54 Å². The molecule has 0 saturated heterocycles. The van der Waals surface area contributed by atoms with Crippen molar-refractivity contribution < 1.29 is 0 Å². The first-order valence-electron chi connectivity index (χ1n) is 5.85. The van der Waals surface area contributed by atoms with Crippen molar-refractivity contribution in [3.8, 4) is 0 Å². The first-order chi connectivity index (χ1) is 8.34. The molecule has 2 N–H and O–H groups in total. The van der Waals surface area contributed by atoms with Gasteiger partial charge in [0.25, 0.3) is 0 Å². The number of aromatic nitrogens is 1. The molecule has 3 rings (SSSR count). The van der Waals surface area contributed by atoms with E-state index in [1.54, 1.807) is 11.3 Å². The van der Waals surface area contributed by atoms with Gasteiger partial charge in [0.15, 0.2) is 0 Å². The molecule has 2 heterocycles. The Morgan fingerprint density at radius 2 is 2.28 bits per heavy atom. The minimum atomic E-state index is 0. The van der Waals surface area contributed by atoms with Gasteiger partial charge in [-0.05, 0) is 30.5 Å². The molecule has 0 fully saturated rings. The molecular weight excluding hydrogens is 266 g/mol. The fourth-order valence-corrected chi connectivity index (χ4v) is 3.02. The van der Waals surface area contributed by atoms with Crippen LogP contribution in [0.4, 0.5) is 11.4 Å². The second-order valence-electron chi connectivity index (χ2n) is 4.30. The fourth-order valence-electron chi connectivity index (χ4n) is 2.39. The Hall–Kier alpha value is -1.26. The summed E-state index contributed by atoms with van der Waals surface area (Å²) in [6.45, 7) is 1.99. The van der Waals surface area contributed by atoms with Gasteiger partial charge in [-0.25, -0.2) is 4.98 Å². The summed E-state index contributed by atoms with van der Waals surface area (Å²) in [6.07, 6.45) is 4.13. The summed E-state index contributed by atoms with van der Waals surface area (Å²) in [5.41, 5.74) is 9.54. The maximum atomic E-state index is 6.04. The van der Waals surface area contributed by atoms with Crippen molar-refractivity contribution in [1.82, 2.24) is 4.98 Å². The highest BCUT2D eigenvalue weighted by Gasteiger charge is 2.18. The quantitative estimate of drug-likeness (QED) is 0.860. The number of thiazole rings is 1. The third-order valence-corrected chi connectivity index (χ3v) is 3.96. The first-order valence-corrected chi connectivity index (χ1v) is 6.73. The van der Waals surface area contributed by atoms with E-state index in [0.29, 0.717) is 0 Å². The number of halogens is 1. The molecule has 0 bridgehead atoms. The Bertz CT molecular complexity index is 513. The molecule has 1 aromatic heterocycles. The van der Waals surface area contributed by atoms with Gasteiger partial charge in [0, 0.05) is 29.5 Å². The van der Waals surface area contributed by atoms with Crippen molar-refractivity contribution in [3.05, 3.63) is 40.3 Å². The summed E-state index contributed by atoms with van der Waals surface area (Å²) in [6, 6.07) is 6.19. The molecule has 0 radical (unpaired) electrons. The molecule has 0 atom stereocenters. The minimum absolute atomic E-state index is 0. The number of nitrogens with two attached hydrogens (primary N) is 1. The van der Waals surface area contributed by atoms with Crippen LogP contribution in [0.1, 0.15) is 17.0 Å². The highest BCUT2D eigenvalue weighted by Crippen LogP contribution is 2.32. The smallest absolute Gasteiger partial charge is 0.112 e. The van der Waals surface area contributed by atoms with Crippen molar-refractivity contribution in [2.24, 2.45) is 0 Å². The highest BCUT2D eigenvalue weighted by molar-refractivity contribution is 7.09. The lowest BCUT2D eigenvalue weighted by atomic mass is 10.00. The van der Waals surface area contributed by atoms with E-state index in [1.807, 2.05) is 23.7 Å². The van der Waals surface area contributed by atoms with E-state index in [0.717, 1.165) is 25.2 Å². The molecule has 3 nitrogen and oxygen atoms in total. The van der Waals surface area contributed by atoms with E-state index < -0.39 is 0 Å². The standard InChI is InChI=1S/C13H15N3S.ClH/c14-11-4-1-5-12-10(11)3-2-7-16(12)9-13-15-6-8-17-13;/h1,4-6,8H,2-3,7,9,14H2;1H. The third kappa shape index (κ3) is 2.44. The number of benzene rings is 1. The van der Waals surface area contributed by atoms with Gasteiger partial charge in [0.1, 0.15) is 5.01 Å². The van der Waals surface area contributed by atoms with Gasteiger partial charge < -0.3 is 10.6 Å². The normalized spacial score (nSPS) is 13.9. The topological polar surface area (TPSA) is 42.1 Å². The number of nitrogens with zero attached hydrogens (tertiary/aromatic N) is 2. The summed E-state index contributed by atoms with van der Waals surface area (Å²) >= 11 is 1.71. The van der Waals surface area contributed by atoms with E-state index in [9.17, 15) is 0 Å². The van der Waals surface area contributed by atoms with Crippen molar-refractivity contribution >= 4 is 35.1 Å². The Morgan fingerprint density at radius 1 is 1.39 bits per heavy atom. The van der Waals surface area contributed by atoms with E-state index in [1.165, 1.54) is 22.7 Å². The van der Waals surface area contributed by atoms with Crippen LogP contribution < -0.4 is 10.6 Å². The predicted molar refractivity (Wildman–Crippen MR) is 79.6 cm³/mol. The average Bonchev–Trinajstić information content (AvgIpc) is 2.83. The van der Waals surface area contributed by atoms with Gasteiger partial charge in [-0.1, -0.05) is 6.07 Å². The second-order valence-corrected chi connectivity index (χ2v) is 5.27. The molecule has 0 amide bonds. The summed E-state index contributed by atoms with van der Waals surface area (Å²) in [5, 5.41) is 3.19. The van der Waals surface area contributed by atoms with E-state index in [-0.39, 0.29) is 12.4 Å². The number of nitrogen functional groups attached to an aromatic ring is 1. The lowest BCUT2D eigenvalue weighted by Gasteiger charge is -2.31. The van der Waals surface area contributed by atoms with Crippen LogP contribution in [0.25, 0.3) is 0 Å². The van der Waals surface area contributed by atoms with Gasteiger partial charge in [0.2, 0.25) is 0 Å². The first kappa shape index (κ1) is 13.2. The molecule has 0 saturated carbocycles. The lowest BCUT2D eigenvalue weighted by molar-refractivity contribution is 0.691. The Labute approximate surface area is 117 Å². The number of hydrogen-bond acceptors (Lipinski definition) is 4. The van der Waals surface area contributed by atoms with Crippen LogP contribution >= 0.6 is 23.7 Å². The van der Waals surface area contributed by atoms with Gasteiger partial charge in [-0.2, -0.15) is 0 Å². The molecule has 96 valence electrons. The molecule has 1 aromatic carbocycles. The number of fused-ring (bicyclic) bond motifs is 1. The highest BCUT2D eigenvalue weighted by atomic mass is 35.5. The Morgan fingerprint density at radius 3 is 3.06 bits per heavy atom. The van der Waals surface area contributed by atoms with Crippen LogP contribution in [0.2, 0.25) is 0 Å². The summed E-state index contributed by atoms with van der Waals surface area (Å²) in [4.78, 5) is 6.73. The monoisotopic (exact) mass is 281 g/mol. The Balaban J connectivity index is 0.00000120. The largest absolute Gasteiger partial charge is 0.398 e. The van der Waals surface area contributed by atoms with Crippen molar-refractivity contribution in [1.29, 1.82) is 0 Å². The molecule has 0 aliphatic carbocycles. The third-order valence-electron chi connectivity index (χ3n) is 3.19. The molecule has 2 aromatic rings. The minimum Gasteiger partial charge on any atom is -0.398 e. The van der Waals surface area contributed by atoms with Crippen LogP contribution in [-0.2, 0) is 13.0 Å². The van der Waals surface area contributed by atoms with Gasteiger partial charge >= 0.3 is 0 Å². The molecular formula is C13H16ClN3S. The van der Waals surface area contributed by atoms with E-state index >= 15 is 0 Å². The lowest BCUT2D eigenvalue weighted by Crippen LogP contribution is -2.29. The maximum Gasteiger partial charge on any atom is 0.112 e. The Kier molecular flexibility index (Phi) is 4.09. The zero-order chi connectivity index (χ0) is 11.7. The van der Waals surface area contributed by atoms with Crippen LogP contribution in [-0.4, -0.2) is 11.5 Å². The van der Waals surface area contributed by atoms with Crippen LogP contribution in [0.15, 0.2) is 29.8 Å². The van der Waals surface area contributed by atoms with Gasteiger partial charge in [-0.15, -0.1) is 23.7 Å². The number of rotatable bonds is 2. The van der Waals surface area contributed by atoms with Crippen LogP contribution in [0.5, 0.6) is 0 Å². The average molecular weight is 282 g/mol. The molecule has 0 spiro atoms. The van der Waals surface area contributed by atoms with Crippen LogP contribution in [0.3, 0.4) is 0 Å². The second kappa shape index (κ2) is 5.59. The summed E-state index contributed by atoms with van der Waals surface area (Å²) in [5.74, 6) is 0. The predicted octanol–water partition coefficient (Wildman–Crippen LogP) is 3.10. The zero-order valence-electron chi connectivity index (χ0n) is 10.0. The maximum absolute atomic E-state index is 6.04. The number of anilines is 2. The van der Waals surface area contributed by atoms with Gasteiger partial charge in [-0.3, -0.25) is 0 Å². The molecule has 1 aliphatic rings. The van der Waals surface area contributed by atoms with Crippen molar-refractivity contribution in [2.45, 2.75) is 19.4 Å². The fraction of sp³-hybridized carbons (Fsp3) is 0.308. The molecule has 18 heavy (non-hydrogen) atoms.